The molecule has 0 aliphatic heterocycles. The first-order valence-electron chi connectivity index (χ1n) is 6.20. The third kappa shape index (κ3) is 1.59. The zero-order valence-electron chi connectivity index (χ0n) is 10.2. The number of fused-ring (bicyclic) bond motifs is 3. The molecule has 0 N–H and O–H groups in total. The number of benzene rings is 2. The Morgan fingerprint density at radius 2 is 1.63 bits per heavy atom. The van der Waals surface area contributed by atoms with Crippen molar-refractivity contribution in [3.05, 3.63) is 67.0 Å². The quantitative estimate of drug-likeness (QED) is 0.513. The summed E-state index contributed by atoms with van der Waals surface area (Å²) in [5.74, 6) is 0. The minimum Gasteiger partial charge on any atom is -0.236 e. The number of hydrogen-bond acceptors (Lipinski definition) is 2. The van der Waals surface area contributed by atoms with Gasteiger partial charge in [0.15, 0.2) is 0 Å². The third-order valence-electron chi connectivity index (χ3n) is 3.29. The minimum atomic E-state index is 0.971. The lowest BCUT2D eigenvalue weighted by Crippen LogP contribution is -1.90. The van der Waals surface area contributed by atoms with Crippen LogP contribution in [0, 0.1) is 0 Å². The van der Waals surface area contributed by atoms with Crippen LogP contribution in [0.25, 0.3) is 27.7 Å². The number of nitrogens with zero attached hydrogens (tertiary/aromatic N) is 3. The molecular formula is C16H11N3. The van der Waals surface area contributed by atoms with Crippen molar-refractivity contribution in [2.45, 2.75) is 0 Å². The predicted molar refractivity (Wildman–Crippen MR) is 75.9 cm³/mol. The number of aromatic nitrogens is 3. The van der Waals surface area contributed by atoms with Crippen molar-refractivity contribution in [1.29, 1.82) is 0 Å². The molecule has 19 heavy (non-hydrogen) atoms. The third-order valence-corrected chi connectivity index (χ3v) is 3.29. The van der Waals surface area contributed by atoms with Gasteiger partial charge in [-0.2, -0.15) is 5.10 Å². The van der Waals surface area contributed by atoms with E-state index in [1.54, 1.807) is 6.33 Å². The summed E-state index contributed by atoms with van der Waals surface area (Å²) in [7, 11) is 0. The van der Waals surface area contributed by atoms with E-state index in [-0.39, 0.29) is 0 Å². The molecule has 4 rings (SSSR count). The molecule has 0 amide bonds. The first kappa shape index (κ1) is 10.3. The Bertz CT molecular complexity index is 863. The second-order valence-electron chi connectivity index (χ2n) is 4.49. The molecular weight excluding hydrogens is 234 g/mol. The molecule has 3 nitrogen and oxygen atoms in total. The van der Waals surface area contributed by atoms with Gasteiger partial charge in [-0.3, -0.25) is 0 Å². The summed E-state index contributed by atoms with van der Waals surface area (Å²) in [6, 6.07) is 20.4. The van der Waals surface area contributed by atoms with E-state index in [1.165, 1.54) is 0 Å². The van der Waals surface area contributed by atoms with Gasteiger partial charge in [-0.05, 0) is 12.1 Å². The highest BCUT2D eigenvalue weighted by Gasteiger charge is 2.07. The van der Waals surface area contributed by atoms with Gasteiger partial charge >= 0.3 is 0 Å². The summed E-state index contributed by atoms with van der Waals surface area (Å²) < 4.78 is 1.84. The lowest BCUT2D eigenvalue weighted by molar-refractivity contribution is 0.938. The predicted octanol–water partition coefficient (Wildman–Crippen LogP) is 3.55. The second-order valence-corrected chi connectivity index (χ2v) is 4.49. The van der Waals surface area contributed by atoms with E-state index in [1.807, 2.05) is 40.9 Å². The van der Waals surface area contributed by atoms with Crippen LogP contribution in [-0.2, 0) is 0 Å². The molecule has 0 fully saturated rings. The zero-order chi connectivity index (χ0) is 12.7. The van der Waals surface area contributed by atoms with E-state index in [0.717, 1.165) is 27.7 Å². The van der Waals surface area contributed by atoms with Crippen molar-refractivity contribution in [2.75, 3.05) is 0 Å². The Morgan fingerprint density at radius 3 is 2.53 bits per heavy atom. The first-order chi connectivity index (χ1) is 9.42. The second kappa shape index (κ2) is 3.92. The molecule has 2 heterocycles. The van der Waals surface area contributed by atoms with Crippen LogP contribution in [-0.4, -0.2) is 14.6 Å². The van der Waals surface area contributed by atoms with Gasteiger partial charge < -0.3 is 0 Å². The Kier molecular flexibility index (Phi) is 2.12. The fraction of sp³-hybridized carbons (Fsp3) is 0. The summed E-state index contributed by atoms with van der Waals surface area (Å²) in [5.41, 5.74) is 4.17. The Hall–Kier alpha value is -2.68. The highest BCUT2D eigenvalue weighted by molar-refractivity contribution is 5.94. The maximum atomic E-state index is 4.59. The smallest absolute Gasteiger partial charge is 0.118 e. The molecule has 0 bridgehead atoms. The summed E-state index contributed by atoms with van der Waals surface area (Å²) in [6.45, 7) is 0. The van der Waals surface area contributed by atoms with Crippen LogP contribution in [0.1, 0.15) is 0 Å². The van der Waals surface area contributed by atoms with E-state index in [4.69, 9.17) is 0 Å². The van der Waals surface area contributed by atoms with Gasteiger partial charge in [-0.15, -0.1) is 0 Å². The summed E-state index contributed by atoms with van der Waals surface area (Å²) in [4.78, 5) is 4.42. The fourth-order valence-electron chi connectivity index (χ4n) is 2.35. The molecule has 90 valence electrons. The van der Waals surface area contributed by atoms with E-state index in [2.05, 4.69) is 34.3 Å². The molecule has 4 aromatic rings. The van der Waals surface area contributed by atoms with Gasteiger partial charge in [0.1, 0.15) is 6.33 Å². The number of rotatable bonds is 1. The summed E-state index contributed by atoms with van der Waals surface area (Å²) in [6.07, 6.45) is 1.77. The van der Waals surface area contributed by atoms with Crippen LogP contribution in [0.2, 0.25) is 0 Å². The molecule has 0 radical (unpaired) electrons. The Morgan fingerprint density at radius 1 is 0.842 bits per heavy atom. The van der Waals surface area contributed by atoms with Gasteiger partial charge in [0.25, 0.3) is 0 Å². The fourth-order valence-corrected chi connectivity index (χ4v) is 2.35. The van der Waals surface area contributed by atoms with Crippen molar-refractivity contribution >= 4 is 16.4 Å². The molecule has 0 saturated carbocycles. The number of para-hydroxylation sites is 1. The number of hydrogen-bond donors (Lipinski definition) is 0. The summed E-state index contributed by atoms with van der Waals surface area (Å²) >= 11 is 0. The molecule has 0 unspecified atom stereocenters. The van der Waals surface area contributed by atoms with Gasteiger partial charge in [-0.25, -0.2) is 9.50 Å². The lowest BCUT2D eigenvalue weighted by Gasteiger charge is -1.97. The highest BCUT2D eigenvalue weighted by Crippen LogP contribution is 2.23. The topological polar surface area (TPSA) is 30.2 Å². The molecule has 0 aliphatic carbocycles. The highest BCUT2D eigenvalue weighted by atomic mass is 15.2. The molecule has 0 atom stereocenters. The van der Waals surface area contributed by atoms with Gasteiger partial charge in [0.05, 0.1) is 16.7 Å². The summed E-state index contributed by atoms with van der Waals surface area (Å²) in [5, 5.41) is 5.71. The van der Waals surface area contributed by atoms with Crippen LogP contribution < -0.4 is 0 Å². The van der Waals surface area contributed by atoms with Crippen molar-refractivity contribution < 1.29 is 0 Å². The lowest BCUT2D eigenvalue weighted by atomic mass is 10.1. The van der Waals surface area contributed by atoms with Crippen LogP contribution >= 0.6 is 0 Å². The zero-order valence-corrected chi connectivity index (χ0v) is 10.2. The standard InChI is InChI=1S/C16H11N3/c1-2-6-12(7-3-1)15-10-16-13-8-4-5-9-14(13)17-11-19(16)18-15/h1-11H. The van der Waals surface area contributed by atoms with Crippen LogP contribution in [0.15, 0.2) is 67.0 Å². The Balaban J connectivity index is 2.04. The van der Waals surface area contributed by atoms with Gasteiger partial charge in [0, 0.05) is 10.9 Å². The van der Waals surface area contributed by atoms with Crippen LogP contribution in [0.5, 0.6) is 0 Å². The monoisotopic (exact) mass is 245 g/mol. The van der Waals surface area contributed by atoms with Crippen LogP contribution in [0.3, 0.4) is 0 Å². The first-order valence-corrected chi connectivity index (χ1v) is 6.20. The molecule has 0 spiro atoms. The van der Waals surface area contributed by atoms with E-state index < -0.39 is 0 Å². The van der Waals surface area contributed by atoms with Crippen molar-refractivity contribution in [3.63, 3.8) is 0 Å². The van der Waals surface area contributed by atoms with E-state index in [9.17, 15) is 0 Å². The SMILES string of the molecule is c1ccc(-c2cc3c4ccccc4ncn3n2)cc1. The molecule has 2 aromatic carbocycles. The maximum Gasteiger partial charge on any atom is 0.118 e. The molecule has 2 aromatic heterocycles. The minimum absolute atomic E-state index is 0.971. The average Bonchev–Trinajstić information content (AvgIpc) is 2.93. The normalized spacial score (nSPS) is 11.2. The maximum absolute atomic E-state index is 4.59. The molecule has 0 aliphatic rings. The Labute approximate surface area is 110 Å². The van der Waals surface area contributed by atoms with Crippen LogP contribution in [0.4, 0.5) is 0 Å². The van der Waals surface area contributed by atoms with E-state index >= 15 is 0 Å². The largest absolute Gasteiger partial charge is 0.236 e. The molecule has 3 heteroatoms. The van der Waals surface area contributed by atoms with Crippen molar-refractivity contribution in [1.82, 2.24) is 14.6 Å². The van der Waals surface area contributed by atoms with Gasteiger partial charge in [0.2, 0.25) is 0 Å². The van der Waals surface area contributed by atoms with E-state index in [0.29, 0.717) is 0 Å². The van der Waals surface area contributed by atoms with Gasteiger partial charge in [-0.1, -0.05) is 48.5 Å². The molecule has 0 saturated heterocycles. The van der Waals surface area contributed by atoms with Crippen molar-refractivity contribution in [2.24, 2.45) is 0 Å². The average molecular weight is 245 g/mol. The van der Waals surface area contributed by atoms with Crippen molar-refractivity contribution in [3.8, 4) is 11.3 Å².